The predicted octanol–water partition coefficient (Wildman–Crippen LogP) is -6.04. The highest BCUT2D eigenvalue weighted by molar-refractivity contribution is 4.95. The number of rotatable bonds is 5. The molecule has 2 rings (SSSR count). The van der Waals surface area contributed by atoms with E-state index in [-0.39, 0.29) is 0 Å². The zero-order chi connectivity index (χ0) is 18.9. The van der Waals surface area contributed by atoms with Crippen molar-refractivity contribution in [2.45, 2.75) is 67.5 Å². The van der Waals surface area contributed by atoms with E-state index in [4.69, 9.17) is 24.4 Å². The van der Waals surface area contributed by atoms with Gasteiger partial charge < -0.3 is 60.2 Å². The molecule has 9 N–H and O–H groups in total. The van der Waals surface area contributed by atoms with Crippen LogP contribution in [0.5, 0.6) is 0 Å². The summed E-state index contributed by atoms with van der Waals surface area (Å²) in [6, 6.07) is 0. The standard InChI is InChI=1S/C13H24O12/c14-1-3(16)10-11(7(19)8(20)12(22)24-10)25-13-9(21)6(18)5(17)4(2-15)23-13/h3-22H,1-2H2/t3-,4+,5+,6-,7+,8-,9+,10+,11-,12-,13-/m0/s1. The van der Waals surface area contributed by atoms with Crippen LogP contribution in [0.15, 0.2) is 0 Å². The normalized spacial score (nSPS) is 49.8. The molecule has 0 aromatic carbocycles. The highest BCUT2D eigenvalue weighted by atomic mass is 16.7. The van der Waals surface area contributed by atoms with E-state index < -0.39 is 80.7 Å². The van der Waals surface area contributed by atoms with E-state index in [1.807, 2.05) is 0 Å². The fraction of sp³-hybridized carbons (Fsp3) is 1.00. The summed E-state index contributed by atoms with van der Waals surface area (Å²) in [5.41, 5.74) is 0. The topological polar surface area (TPSA) is 210 Å². The third-order valence-electron chi connectivity index (χ3n) is 4.31. The van der Waals surface area contributed by atoms with Gasteiger partial charge in [0.2, 0.25) is 0 Å². The van der Waals surface area contributed by atoms with Gasteiger partial charge in [-0.2, -0.15) is 0 Å². The van der Waals surface area contributed by atoms with Gasteiger partial charge in [0.25, 0.3) is 0 Å². The Morgan fingerprint density at radius 3 is 2.00 bits per heavy atom. The molecule has 0 unspecified atom stereocenters. The summed E-state index contributed by atoms with van der Waals surface area (Å²) >= 11 is 0. The molecule has 148 valence electrons. The van der Waals surface area contributed by atoms with Crippen molar-refractivity contribution in [1.82, 2.24) is 0 Å². The van der Waals surface area contributed by atoms with Crippen LogP contribution < -0.4 is 0 Å². The monoisotopic (exact) mass is 372 g/mol. The average Bonchev–Trinajstić information content (AvgIpc) is 2.61. The van der Waals surface area contributed by atoms with Crippen LogP contribution in [0.4, 0.5) is 0 Å². The fourth-order valence-corrected chi connectivity index (χ4v) is 2.78. The summed E-state index contributed by atoms with van der Waals surface area (Å²) < 4.78 is 15.3. The summed E-state index contributed by atoms with van der Waals surface area (Å²) in [5, 5.41) is 86.7. The van der Waals surface area contributed by atoms with Crippen molar-refractivity contribution in [2.75, 3.05) is 13.2 Å². The largest absolute Gasteiger partial charge is 0.394 e. The molecule has 25 heavy (non-hydrogen) atoms. The van der Waals surface area contributed by atoms with Gasteiger partial charge in [0.1, 0.15) is 54.9 Å². The van der Waals surface area contributed by atoms with Crippen molar-refractivity contribution in [3.63, 3.8) is 0 Å². The number of aliphatic hydroxyl groups excluding tert-OH is 9. The van der Waals surface area contributed by atoms with E-state index in [9.17, 15) is 35.7 Å². The maximum absolute atomic E-state index is 10.1. The average molecular weight is 372 g/mol. The summed E-state index contributed by atoms with van der Waals surface area (Å²) in [4.78, 5) is 0. The van der Waals surface area contributed by atoms with E-state index in [1.165, 1.54) is 0 Å². The highest BCUT2D eigenvalue weighted by Gasteiger charge is 2.51. The number of hydrogen-bond acceptors (Lipinski definition) is 12. The van der Waals surface area contributed by atoms with Crippen molar-refractivity contribution in [3.05, 3.63) is 0 Å². The van der Waals surface area contributed by atoms with Crippen molar-refractivity contribution >= 4 is 0 Å². The van der Waals surface area contributed by atoms with Crippen LogP contribution in [-0.4, -0.2) is 127 Å². The predicted molar refractivity (Wildman–Crippen MR) is 74.6 cm³/mol. The van der Waals surface area contributed by atoms with Gasteiger partial charge in [0, 0.05) is 0 Å². The highest BCUT2D eigenvalue weighted by Crippen LogP contribution is 2.29. The van der Waals surface area contributed by atoms with Crippen LogP contribution in [0.2, 0.25) is 0 Å². The van der Waals surface area contributed by atoms with Crippen LogP contribution in [0.1, 0.15) is 0 Å². The molecule has 2 heterocycles. The molecule has 0 aromatic rings. The molecule has 0 radical (unpaired) electrons. The second kappa shape index (κ2) is 8.47. The molecule has 11 atom stereocenters. The quantitative estimate of drug-likeness (QED) is 0.221. The lowest BCUT2D eigenvalue weighted by atomic mass is 9.94. The Balaban J connectivity index is 2.18. The first-order chi connectivity index (χ1) is 11.7. The SMILES string of the molecule is OC[C@H](O)[C@H]1O[C@H](O)[C@@H](O)[C@@H](O)[C@@H]1O[C@@H]1O[C@H](CO)[C@@H](O)[C@H](O)[C@H]1O. The van der Waals surface area contributed by atoms with Gasteiger partial charge in [-0.1, -0.05) is 0 Å². The van der Waals surface area contributed by atoms with Crippen molar-refractivity contribution in [2.24, 2.45) is 0 Å². The Labute approximate surface area is 142 Å². The lowest BCUT2D eigenvalue weighted by Gasteiger charge is -2.46. The van der Waals surface area contributed by atoms with E-state index in [0.29, 0.717) is 0 Å². The van der Waals surface area contributed by atoms with E-state index >= 15 is 0 Å². The van der Waals surface area contributed by atoms with Crippen molar-refractivity contribution in [3.8, 4) is 0 Å². The maximum Gasteiger partial charge on any atom is 0.187 e. The molecule has 2 aliphatic heterocycles. The maximum atomic E-state index is 10.1. The molecule has 12 heteroatoms. The molecule has 0 amide bonds. The third-order valence-corrected chi connectivity index (χ3v) is 4.31. The van der Waals surface area contributed by atoms with Crippen LogP contribution >= 0.6 is 0 Å². The van der Waals surface area contributed by atoms with Crippen LogP contribution in [0, 0.1) is 0 Å². The Kier molecular flexibility index (Phi) is 7.06. The van der Waals surface area contributed by atoms with Gasteiger partial charge >= 0.3 is 0 Å². The molecule has 0 saturated carbocycles. The number of hydrogen-bond donors (Lipinski definition) is 9. The number of aliphatic hydroxyl groups is 9. The minimum atomic E-state index is -1.86. The van der Waals surface area contributed by atoms with Gasteiger partial charge in [-0.05, 0) is 0 Å². The minimum absolute atomic E-state index is 0.710. The molecular formula is C13H24O12. The van der Waals surface area contributed by atoms with E-state index in [2.05, 4.69) is 0 Å². The van der Waals surface area contributed by atoms with Crippen molar-refractivity contribution in [1.29, 1.82) is 0 Å². The van der Waals surface area contributed by atoms with Crippen LogP contribution in [0.3, 0.4) is 0 Å². The van der Waals surface area contributed by atoms with E-state index in [1.54, 1.807) is 0 Å². The summed E-state index contributed by atoms with van der Waals surface area (Å²) in [6.07, 6.45) is -18.3. The minimum Gasteiger partial charge on any atom is -0.394 e. The molecular weight excluding hydrogens is 348 g/mol. The first-order valence-electron chi connectivity index (χ1n) is 7.67. The van der Waals surface area contributed by atoms with Crippen LogP contribution in [0.25, 0.3) is 0 Å². The second-order valence-corrected chi connectivity index (χ2v) is 6.02. The molecule has 0 bridgehead atoms. The Morgan fingerprint density at radius 1 is 0.800 bits per heavy atom. The molecule has 0 aliphatic carbocycles. The smallest absolute Gasteiger partial charge is 0.187 e. The molecule has 2 fully saturated rings. The Hall–Kier alpha value is -0.480. The second-order valence-electron chi connectivity index (χ2n) is 6.02. The van der Waals surface area contributed by atoms with Gasteiger partial charge in [0.05, 0.1) is 13.2 Å². The van der Waals surface area contributed by atoms with Gasteiger partial charge in [0.15, 0.2) is 12.6 Å². The summed E-state index contributed by atoms with van der Waals surface area (Å²) in [5.74, 6) is 0. The molecule has 2 aliphatic rings. The first kappa shape index (κ1) is 20.8. The van der Waals surface area contributed by atoms with Crippen molar-refractivity contribution < 1.29 is 60.2 Å². The third kappa shape index (κ3) is 4.10. The molecule has 12 nitrogen and oxygen atoms in total. The fourth-order valence-electron chi connectivity index (χ4n) is 2.78. The first-order valence-corrected chi connectivity index (χ1v) is 7.67. The van der Waals surface area contributed by atoms with Gasteiger partial charge in [-0.15, -0.1) is 0 Å². The molecule has 0 spiro atoms. The lowest BCUT2D eigenvalue weighted by Crippen LogP contribution is -2.65. The molecule has 2 saturated heterocycles. The van der Waals surface area contributed by atoms with E-state index in [0.717, 1.165) is 0 Å². The van der Waals surface area contributed by atoms with Gasteiger partial charge in [-0.3, -0.25) is 0 Å². The molecule has 0 aromatic heterocycles. The van der Waals surface area contributed by atoms with Gasteiger partial charge in [-0.25, -0.2) is 0 Å². The zero-order valence-electron chi connectivity index (χ0n) is 13.0. The lowest BCUT2D eigenvalue weighted by molar-refractivity contribution is -0.360. The Morgan fingerprint density at radius 2 is 1.44 bits per heavy atom. The Bertz CT molecular complexity index is 422. The van der Waals surface area contributed by atoms with Crippen LogP contribution in [-0.2, 0) is 14.2 Å². The summed E-state index contributed by atoms with van der Waals surface area (Å²) in [6.45, 7) is -1.53. The summed E-state index contributed by atoms with van der Waals surface area (Å²) in [7, 11) is 0. The zero-order valence-corrected chi connectivity index (χ0v) is 13.0. The number of ether oxygens (including phenoxy) is 3.